The van der Waals surface area contributed by atoms with Gasteiger partial charge in [0.15, 0.2) is 0 Å². The van der Waals surface area contributed by atoms with Crippen LogP contribution in [-0.4, -0.2) is 111 Å². The van der Waals surface area contributed by atoms with Gasteiger partial charge >= 0.3 is 0 Å². The van der Waals surface area contributed by atoms with Crippen molar-refractivity contribution in [2.75, 3.05) is 52.1 Å². The van der Waals surface area contributed by atoms with E-state index in [-0.39, 0.29) is 19.2 Å². The van der Waals surface area contributed by atoms with Gasteiger partial charge in [0, 0.05) is 32.7 Å². The minimum atomic E-state index is -3.34. The first kappa shape index (κ1) is 20.4. The lowest BCUT2D eigenvalue weighted by Crippen LogP contribution is -2.61. The van der Waals surface area contributed by atoms with Crippen molar-refractivity contribution in [2.45, 2.75) is 49.8 Å². The summed E-state index contributed by atoms with van der Waals surface area (Å²) in [5, 5.41) is 23.6. The molecule has 0 spiro atoms. The zero-order chi connectivity index (χ0) is 18.7. The third-order valence-electron chi connectivity index (χ3n) is 5.68. The van der Waals surface area contributed by atoms with Crippen molar-refractivity contribution < 1.29 is 23.4 Å². The molecular weight excluding hydrogens is 360 g/mol. The predicted molar refractivity (Wildman–Crippen MR) is 97.2 cm³/mol. The van der Waals surface area contributed by atoms with E-state index in [1.165, 1.54) is 19.3 Å². The van der Waals surface area contributed by atoms with Crippen LogP contribution in [0.3, 0.4) is 0 Å². The molecule has 0 saturated carbocycles. The molecule has 4 N–H and O–H groups in total. The fourth-order valence-electron chi connectivity index (χ4n) is 4.32. The van der Waals surface area contributed by atoms with Crippen LogP contribution in [0.15, 0.2) is 0 Å². The van der Waals surface area contributed by atoms with E-state index in [0.29, 0.717) is 6.17 Å². The van der Waals surface area contributed by atoms with E-state index in [4.69, 9.17) is 4.74 Å². The Kier molecular flexibility index (Phi) is 6.89. The molecule has 0 bridgehead atoms. The number of piperidine rings is 1. The summed E-state index contributed by atoms with van der Waals surface area (Å²) in [5.41, 5.74) is 0. The summed E-state index contributed by atoms with van der Waals surface area (Å²) in [6, 6.07) is -0.317. The second-order valence-corrected chi connectivity index (χ2v) is 9.37. The molecule has 3 fully saturated rings. The molecule has 0 aromatic rings. The SMILES string of the molecule is CS(=O)(=O)NCC1OC(CO)C(O)C1N1CCN(C2CCCCN2)CC1. The van der Waals surface area contributed by atoms with Crippen molar-refractivity contribution in [1.82, 2.24) is 19.8 Å². The summed E-state index contributed by atoms with van der Waals surface area (Å²) >= 11 is 0. The fraction of sp³-hybridized carbons (Fsp3) is 1.00. The Morgan fingerprint density at radius 3 is 2.42 bits per heavy atom. The Labute approximate surface area is 155 Å². The first-order chi connectivity index (χ1) is 12.4. The average Bonchev–Trinajstić information content (AvgIpc) is 2.96. The van der Waals surface area contributed by atoms with Crippen LogP contribution in [-0.2, 0) is 14.8 Å². The highest BCUT2D eigenvalue weighted by atomic mass is 32.2. The normalized spacial score (nSPS) is 37.9. The summed E-state index contributed by atoms with van der Waals surface area (Å²) < 4.78 is 31.0. The van der Waals surface area contributed by atoms with E-state index in [1.807, 2.05) is 0 Å². The van der Waals surface area contributed by atoms with Gasteiger partial charge in [0.1, 0.15) is 12.2 Å². The first-order valence-electron chi connectivity index (χ1n) is 9.49. The van der Waals surface area contributed by atoms with Gasteiger partial charge in [-0.3, -0.25) is 9.80 Å². The van der Waals surface area contributed by atoms with E-state index in [0.717, 1.165) is 39.0 Å². The van der Waals surface area contributed by atoms with Gasteiger partial charge in [-0.1, -0.05) is 0 Å². The van der Waals surface area contributed by atoms with Crippen LogP contribution < -0.4 is 10.0 Å². The molecule has 10 heteroatoms. The van der Waals surface area contributed by atoms with Crippen molar-refractivity contribution in [1.29, 1.82) is 0 Å². The molecule has 0 aliphatic carbocycles. The number of piperazine rings is 1. The molecular formula is C16H32N4O5S. The van der Waals surface area contributed by atoms with Crippen molar-refractivity contribution >= 4 is 10.0 Å². The lowest BCUT2D eigenvalue weighted by Gasteiger charge is -2.44. The number of ether oxygens (including phenoxy) is 1. The molecule has 3 saturated heterocycles. The largest absolute Gasteiger partial charge is 0.394 e. The topological polar surface area (TPSA) is 114 Å². The van der Waals surface area contributed by atoms with E-state index in [2.05, 4.69) is 19.8 Å². The van der Waals surface area contributed by atoms with Crippen LogP contribution in [0.2, 0.25) is 0 Å². The van der Waals surface area contributed by atoms with Gasteiger partial charge in [0.2, 0.25) is 10.0 Å². The van der Waals surface area contributed by atoms with E-state index >= 15 is 0 Å². The van der Waals surface area contributed by atoms with E-state index < -0.39 is 28.3 Å². The van der Waals surface area contributed by atoms with Crippen LogP contribution in [0.5, 0.6) is 0 Å². The van der Waals surface area contributed by atoms with E-state index in [1.54, 1.807) is 0 Å². The molecule has 5 unspecified atom stereocenters. The minimum Gasteiger partial charge on any atom is -0.394 e. The lowest BCUT2D eigenvalue weighted by atomic mass is 10.0. The number of hydrogen-bond acceptors (Lipinski definition) is 8. The summed E-state index contributed by atoms with van der Waals surface area (Å²) in [7, 11) is -3.34. The Bertz CT molecular complexity index is 549. The summed E-state index contributed by atoms with van der Waals surface area (Å²) in [5.74, 6) is 0. The van der Waals surface area contributed by atoms with Crippen molar-refractivity contribution in [3.63, 3.8) is 0 Å². The second kappa shape index (κ2) is 8.78. The van der Waals surface area contributed by atoms with E-state index in [9.17, 15) is 18.6 Å². The maximum atomic E-state index is 11.4. The monoisotopic (exact) mass is 392 g/mol. The lowest BCUT2D eigenvalue weighted by molar-refractivity contribution is -0.0201. The number of nitrogens with one attached hydrogen (secondary N) is 2. The standard InChI is InChI=1S/C16H32N4O5S/c1-26(23,24)18-10-12-15(16(22)13(11-21)25-12)20-8-6-19(7-9-20)14-4-2-3-5-17-14/h12-18,21-22H,2-11H2,1H3. The zero-order valence-electron chi connectivity index (χ0n) is 15.4. The quantitative estimate of drug-likeness (QED) is 0.401. The van der Waals surface area contributed by atoms with Gasteiger partial charge in [-0.25, -0.2) is 13.1 Å². The molecule has 0 amide bonds. The molecule has 0 aromatic carbocycles. The Morgan fingerprint density at radius 2 is 1.85 bits per heavy atom. The Hall–Kier alpha value is -0.330. The molecule has 3 aliphatic rings. The third kappa shape index (κ3) is 4.93. The minimum absolute atomic E-state index is 0.0987. The summed E-state index contributed by atoms with van der Waals surface area (Å²) in [6.45, 7) is 4.26. The number of hydrogen-bond donors (Lipinski definition) is 4. The van der Waals surface area contributed by atoms with Crippen molar-refractivity contribution in [2.24, 2.45) is 0 Å². The number of nitrogens with zero attached hydrogens (tertiary/aromatic N) is 2. The third-order valence-corrected chi connectivity index (χ3v) is 6.37. The first-order valence-corrected chi connectivity index (χ1v) is 11.4. The molecule has 3 aliphatic heterocycles. The highest BCUT2D eigenvalue weighted by molar-refractivity contribution is 7.88. The smallest absolute Gasteiger partial charge is 0.208 e. The molecule has 152 valence electrons. The Morgan fingerprint density at radius 1 is 1.15 bits per heavy atom. The highest BCUT2D eigenvalue weighted by Crippen LogP contribution is 2.27. The average molecular weight is 393 g/mol. The van der Waals surface area contributed by atoms with Gasteiger partial charge in [0.25, 0.3) is 0 Å². The van der Waals surface area contributed by atoms with Gasteiger partial charge in [-0.05, 0) is 25.8 Å². The van der Waals surface area contributed by atoms with Gasteiger partial charge in [0.05, 0.1) is 31.2 Å². The van der Waals surface area contributed by atoms with Crippen LogP contribution in [0, 0.1) is 0 Å². The van der Waals surface area contributed by atoms with Gasteiger partial charge < -0.3 is 20.3 Å². The number of rotatable bonds is 6. The number of aliphatic hydroxyl groups excluding tert-OH is 2. The molecule has 3 rings (SSSR count). The molecule has 5 atom stereocenters. The van der Waals surface area contributed by atoms with Crippen molar-refractivity contribution in [3.05, 3.63) is 0 Å². The predicted octanol–water partition coefficient (Wildman–Crippen LogP) is -2.26. The number of aliphatic hydroxyl groups is 2. The number of sulfonamides is 1. The molecule has 0 aromatic heterocycles. The zero-order valence-corrected chi connectivity index (χ0v) is 16.2. The second-order valence-electron chi connectivity index (χ2n) is 7.54. The van der Waals surface area contributed by atoms with Gasteiger partial charge in [-0.2, -0.15) is 0 Å². The fourth-order valence-corrected chi connectivity index (χ4v) is 4.79. The summed E-state index contributed by atoms with van der Waals surface area (Å²) in [4.78, 5) is 4.62. The maximum Gasteiger partial charge on any atom is 0.208 e. The van der Waals surface area contributed by atoms with Crippen LogP contribution in [0.25, 0.3) is 0 Å². The highest BCUT2D eigenvalue weighted by Gasteiger charge is 2.47. The molecule has 26 heavy (non-hydrogen) atoms. The van der Waals surface area contributed by atoms with Crippen LogP contribution in [0.4, 0.5) is 0 Å². The van der Waals surface area contributed by atoms with Crippen molar-refractivity contribution in [3.8, 4) is 0 Å². The molecule has 9 nitrogen and oxygen atoms in total. The summed E-state index contributed by atoms with van der Waals surface area (Å²) in [6.07, 6.45) is 3.22. The van der Waals surface area contributed by atoms with Crippen LogP contribution >= 0.6 is 0 Å². The molecule has 3 heterocycles. The van der Waals surface area contributed by atoms with Crippen LogP contribution in [0.1, 0.15) is 19.3 Å². The molecule has 0 radical (unpaired) electrons. The van der Waals surface area contributed by atoms with Gasteiger partial charge in [-0.15, -0.1) is 0 Å². The Balaban J connectivity index is 1.59. The maximum absolute atomic E-state index is 11.4.